The zero-order chi connectivity index (χ0) is 23.9. The molecule has 0 saturated carbocycles. The lowest BCUT2D eigenvalue weighted by Crippen LogP contribution is -2.29. The highest BCUT2D eigenvalue weighted by Gasteiger charge is 2.48. The molecule has 0 radical (unpaired) electrons. The zero-order valence-corrected chi connectivity index (χ0v) is 19.4. The van der Waals surface area contributed by atoms with Crippen LogP contribution in [0.5, 0.6) is 0 Å². The van der Waals surface area contributed by atoms with E-state index >= 15 is 0 Å². The summed E-state index contributed by atoms with van der Waals surface area (Å²) >= 11 is 0.971. The first-order valence-corrected chi connectivity index (χ1v) is 11.0. The number of hydrogen-bond donors (Lipinski definition) is 1. The van der Waals surface area contributed by atoms with E-state index in [4.69, 9.17) is 4.74 Å². The van der Waals surface area contributed by atoms with Gasteiger partial charge >= 0.3 is 11.9 Å². The first-order valence-electron chi connectivity index (χ1n) is 10.2. The molecule has 1 fully saturated rings. The fourth-order valence-electron chi connectivity index (χ4n) is 3.73. The summed E-state index contributed by atoms with van der Waals surface area (Å²) in [6.45, 7) is 5.48. The molecule has 7 nitrogen and oxygen atoms in total. The predicted octanol–water partition coefficient (Wildman–Crippen LogP) is 4.48. The lowest BCUT2D eigenvalue weighted by atomic mass is 9.94. The van der Waals surface area contributed by atoms with Gasteiger partial charge in [-0.1, -0.05) is 71.0 Å². The van der Waals surface area contributed by atoms with Gasteiger partial charge in [0.05, 0.1) is 24.4 Å². The van der Waals surface area contributed by atoms with Crippen molar-refractivity contribution in [1.29, 1.82) is 0 Å². The molecule has 1 aromatic heterocycles. The summed E-state index contributed by atoms with van der Waals surface area (Å²) in [5.74, 6) is -2.47. The monoisotopic (exact) mass is 462 g/mol. The predicted molar refractivity (Wildman–Crippen MR) is 125 cm³/mol. The van der Waals surface area contributed by atoms with E-state index in [9.17, 15) is 19.5 Å². The Kier molecular flexibility index (Phi) is 5.86. The summed E-state index contributed by atoms with van der Waals surface area (Å²) in [4.78, 5) is 44.4. The van der Waals surface area contributed by atoms with Crippen molar-refractivity contribution in [3.05, 3.63) is 86.9 Å². The van der Waals surface area contributed by atoms with Gasteiger partial charge in [-0.2, -0.15) is 0 Å². The molecule has 1 amide bonds. The molecule has 0 unspecified atom stereocenters. The number of aryl methyl sites for hydroxylation is 3. The van der Waals surface area contributed by atoms with Crippen molar-refractivity contribution in [3.8, 4) is 0 Å². The normalized spacial score (nSPS) is 17.5. The van der Waals surface area contributed by atoms with E-state index in [1.807, 2.05) is 50.2 Å². The number of nitrogens with zero attached hydrogens (tertiary/aromatic N) is 2. The van der Waals surface area contributed by atoms with Crippen LogP contribution in [-0.2, 0) is 14.3 Å². The molecule has 4 rings (SSSR count). The number of carbonyl (C=O) groups excluding carboxylic acids is 3. The Morgan fingerprint density at radius 1 is 1.00 bits per heavy atom. The number of carbonyl (C=O) groups is 3. The SMILES string of the molecule is COC(=O)c1sc(N2C(=O)C(=O)C(=C(O)c3ccc(C)cc3)[C@@H]2c2ccc(C)cc2)nc1C. The summed E-state index contributed by atoms with van der Waals surface area (Å²) in [5.41, 5.74) is 3.44. The minimum atomic E-state index is -0.900. The fraction of sp³-hybridized carbons (Fsp3) is 0.200. The number of esters is 1. The van der Waals surface area contributed by atoms with Crippen LogP contribution in [0, 0.1) is 20.8 Å². The Labute approximate surface area is 195 Å². The molecule has 1 aliphatic rings. The highest BCUT2D eigenvalue weighted by Crippen LogP contribution is 2.43. The molecule has 3 aromatic rings. The Morgan fingerprint density at radius 3 is 2.15 bits per heavy atom. The molecular formula is C25H22N2O5S. The summed E-state index contributed by atoms with van der Waals surface area (Å²) in [6.07, 6.45) is 0. The number of methoxy groups -OCH3 is 1. The van der Waals surface area contributed by atoms with Gasteiger partial charge in [0.1, 0.15) is 10.6 Å². The van der Waals surface area contributed by atoms with Crippen LogP contribution in [0.25, 0.3) is 5.76 Å². The van der Waals surface area contributed by atoms with Crippen LogP contribution < -0.4 is 4.90 Å². The van der Waals surface area contributed by atoms with Gasteiger partial charge in [-0.05, 0) is 26.3 Å². The molecule has 33 heavy (non-hydrogen) atoms. The second-order valence-corrected chi connectivity index (χ2v) is 8.83. The topological polar surface area (TPSA) is 96.8 Å². The van der Waals surface area contributed by atoms with Crippen molar-refractivity contribution in [3.63, 3.8) is 0 Å². The van der Waals surface area contributed by atoms with E-state index in [1.165, 1.54) is 12.0 Å². The summed E-state index contributed by atoms with van der Waals surface area (Å²) in [6, 6.07) is 13.5. The molecule has 168 valence electrons. The van der Waals surface area contributed by atoms with Crippen LogP contribution in [-0.4, -0.2) is 34.9 Å². The Balaban J connectivity index is 1.93. The van der Waals surface area contributed by atoms with Crippen molar-refractivity contribution in [2.24, 2.45) is 0 Å². The van der Waals surface area contributed by atoms with Crippen molar-refractivity contribution >= 4 is 39.9 Å². The maximum atomic E-state index is 13.2. The number of benzene rings is 2. The molecule has 1 atom stereocenters. The van der Waals surface area contributed by atoms with E-state index in [-0.39, 0.29) is 21.3 Å². The highest BCUT2D eigenvalue weighted by atomic mass is 32.1. The smallest absolute Gasteiger partial charge is 0.350 e. The van der Waals surface area contributed by atoms with Gasteiger partial charge in [-0.15, -0.1) is 0 Å². The number of ketones is 1. The van der Waals surface area contributed by atoms with Crippen molar-refractivity contribution in [1.82, 2.24) is 4.98 Å². The molecule has 0 spiro atoms. The van der Waals surface area contributed by atoms with Gasteiger partial charge in [0.25, 0.3) is 5.78 Å². The molecule has 1 N–H and O–H groups in total. The van der Waals surface area contributed by atoms with Crippen LogP contribution in [0.3, 0.4) is 0 Å². The van der Waals surface area contributed by atoms with E-state index in [2.05, 4.69) is 4.98 Å². The average molecular weight is 463 g/mol. The Morgan fingerprint density at radius 2 is 1.58 bits per heavy atom. The lowest BCUT2D eigenvalue weighted by Gasteiger charge is -2.23. The summed E-state index contributed by atoms with van der Waals surface area (Å²) in [7, 11) is 1.27. The maximum Gasteiger partial charge on any atom is 0.350 e. The third-order valence-electron chi connectivity index (χ3n) is 5.52. The van der Waals surface area contributed by atoms with E-state index < -0.39 is 23.7 Å². The highest BCUT2D eigenvalue weighted by molar-refractivity contribution is 7.17. The lowest BCUT2D eigenvalue weighted by molar-refractivity contribution is -0.132. The Hall–Kier alpha value is -3.78. The van der Waals surface area contributed by atoms with E-state index in [0.717, 1.165) is 22.5 Å². The number of ether oxygens (including phenoxy) is 1. The van der Waals surface area contributed by atoms with Gasteiger partial charge in [0, 0.05) is 5.56 Å². The van der Waals surface area contributed by atoms with Gasteiger partial charge in [-0.25, -0.2) is 9.78 Å². The molecule has 1 aliphatic heterocycles. The second-order valence-electron chi connectivity index (χ2n) is 7.85. The number of thiazole rings is 1. The molecule has 2 heterocycles. The van der Waals surface area contributed by atoms with E-state index in [0.29, 0.717) is 16.8 Å². The number of Topliss-reactive ketones (excluding diaryl/α,β-unsaturated/α-hetero) is 1. The van der Waals surface area contributed by atoms with Crippen molar-refractivity contribution in [2.75, 3.05) is 12.0 Å². The van der Waals surface area contributed by atoms with Crippen molar-refractivity contribution in [2.45, 2.75) is 26.8 Å². The number of aromatic nitrogens is 1. The molecule has 0 aliphatic carbocycles. The summed E-state index contributed by atoms with van der Waals surface area (Å²) in [5, 5.41) is 11.3. The largest absolute Gasteiger partial charge is 0.507 e. The molecule has 1 saturated heterocycles. The first kappa shape index (κ1) is 22.4. The Bertz CT molecular complexity index is 1290. The standard InChI is InChI=1S/C25H22N2O5S/c1-13-5-9-16(10-6-13)19-18(20(28)17-11-7-14(2)8-12-17)21(29)23(30)27(19)25-26-15(3)22(33-25)24(31)32-4/h5-12,19,28H,1-4H3/t19-/m0/s1. The summed E-state index contributed by atoms with van der Waals surface area (Å²) < 4.78 is 4.80. The van der Waals surface area contributed by atoms with Crippen LogP contribution >= 0.6 is 11.3 Å². The fourth-order valence-corrected chi connectivity index (χ4v) is 4.74. The van der Waals surface area contributed by atoms with Crippen LogP contribution in [0.2, 0.25) is 0 Å². The number of hydrogen-bond acceptors (Lipinski definition) is 7. The molecule has 2 aromatic carbocycles. The number of aliphatic hydroxyl groups excluding tert-OH is 1. The van der Waals surface area contributed by atoms with Gasteiger partial charge in [0.15, 0.2) is 5.13 Å². The molecule has 0 bridgehead atoms. The maximum absolute atomic E-state index is 13.2. The molecule has 8 heteroatoms. The van der Waals surface area contributed by atoms with Crippen molar-refractivity contribution < 1.29 is 24.2 Å². The van der Waals surface area contributed by atoms with Crippen LogP contribution in [0.4, 0.5) is 5.13 Å². The third-order valence-corrected chi connectivity index (χ3v) is 6.66. The van der Waals surface area contributed by atoms with Crippen LogP contribution in [0.1, 0.15) is 43.7 Å². The average Bonchev–Trinajstić information content (AvgIpc) is 3.31. The van der Waals surface area contributed by atoms with E-state index in [1.54, 1.807) is 19.1 Å². The number of rotatable bonds is 4. The number of amides is 1. The van der Waals surface area contributed by atoms with Gasteiger partial charge in [-0.3, -0.25) is 14.5 Å². The number of aliphatic hydroxyl groups is 1. The number of anilines is 1. The zero-order valence-electron chi connectivity index (χ0n) is 18.6. The van der Waals surface area contributed by atoms with Gasteiger partial charge < -0.3 is 9.84 Å². The first-order chi connectivity index (χ1) is 15.7. The minimum Gasteiger partial charge on any atom is -0.507 e. The third kappa shape index (κ3) is 3.93. The molecular weight excluding hydrogens is 440 g/mol. The second kappa shape index (κ2) is 8.63. The minimum absolute atomic E-state index is 0.0276. The quantitative estimate of drug-likeness (QED) is 0.266. The van der Waals surface area contributed by atoms with Gasteiger partial charge in [0.2, 0.25) is 0 Å². The van der Waals surface area contributed by atoms with Crippen LogP contribution in [0.15, 0.2) is 54.1 Å².